The second-order valence-corrected chi connectivity index (χ2v) is 7.09. The Morgan fingerprint density at radius 2 is 1.65 bits per heavy atom. The summed E-state index contributed by atoms with van der Waals surface area (Å²) in [6.45, 7) is 2.12. The molecule has 2 N–H and O–H groups in total. The van der Waals surface area contributed by atoms with Gasteiger partial charge in [0.25, 0.3) is 11.8 Å². The Morgan fingerprint density at radius 3 is 2.31 bits per heavy atom. The Hall–Kier alpha value is -1.77. The number of ether oxygens (including phenoxy) is 2. The first-order valence-corrected chi connectivity index (χ1v) is 9.46. The number of hydrogen-bond acceptors (Lipinski definition) is 4. The molecular formula is C17H15Br2ClN2O4. The molecule has 26 heavy (non-hydrogen) atoms. The Labute approximate surface area is 172 Å². The average Bonchev–Trinajstić information content (AvgIpc) is 2.60. The number of carbonyl (C=O) groups is 2. The molecule has 0 aromatic heterocycles. The summed E-state index contributed by atoms with van der Waals surface area (Å²) in [6.07, 6.45) is 0. The number of benzene rings is 2. The number of carbonyl (C=O) groups excluding carboxylic acids is 2. The summed E-state index contributed by atoms with van der Waals surface area (Å²) in [5.74, 6) is 0.126. The molecule has 0 unspecified atom stereocenters. The lowest BCUT2D eigenvalue weighted by Crippen LogP contribution is -2.43. The predicted molar refractivity (Wildman–Crippen MR) is 106 cm³/mol. The minimum absolute atomic E-state index is 0.270. The van der Waals surface area contributed by atoms with Crippen molar-refractivity contribution in [2.45, 2.75) is 6.92 Å². The fourth-order valence-corrected chi connectivity index (χ4v) is 3.18. The van der Waals surface area contributed by atoms with Crippen molar-refractivity contribution in [2.75, 3.05) is 13.2 Å². The molecule has 0 fully saturated rings. The zero-order valence-corrected chi connectivity index (χ0v) is 17.6. The zero-order valence-electron chi connectivity index (χ0n) is 13.6. The van der Waals surface area contributed by atoms with Crippen LogP contribution in [-0.4, -0.2) is 25.0 Å². The van der Waals surface area contributed by atoms with E-state index >= 15 is 0 Å². The number of hydrazine groups is 1. The summed E-state index contributed by atoms with van der Waals surface area (Å²) in [5, 5.41) is 0.544. The maximum atomic E-state index is 12.1. The lowest BCUT2D eigenvalue weighted by Gasteiger charge is -2.11. The van der Waals surface area contributed by atoms with E-state index in [1.54, 1.807) is 36.4 Å². The Kier molecular flexibility index (Phi) is 7.74. The SMILES string of the molecule is CCOc1ccc(C(=O)NNC(=O)COc2ccc(Cl)cc2Br)cc1Br. The van der Waals surface area contributed by atoms with Crippen LogP contribution in [0.1, 0.15) is 17.3 Å². The first-order valence-electron chi connectivity index (χ1n) is 7.50. The van der Waals surface area contributed by atoms with Gasteiger partial charge in [0, 0.05) is 10.6 Å². The van der Waals surface area contributed by atoms with E-state index in [9.17, 15) is 9.59 Å². The van der Waals surface area contributed by atoms with E-state index in [1.807, 2.05) is 6.92 Å². The molecule has 138 valence electrons. The van der Waals surface area contributed by atoms with E-state index in [0.29, 0.717) is 37.6 Å². The fraction of sp³-hybridized carbons (Fsp3) is 0.176. The van der Waals surface area contributed by atoms with E-state index in [4.69, 9.17) is 21.1 Å². The topological polar surface area (TPSA) is 76.7 Å². The van der Waals surface area contributed by atoms with Crippen LogP contribution in [0.5, 0.6) is 11.5 Å². The molecule has 6 nitrogen and oxygen atoms in total. The number of halogens is 3. The number of amides is 2. The van der Waals surface area contributed by atoms with Crippen LogP contribution in [0.15, 0.2) is 45.3 Å². The zero-order chi connectivity index (χ0) is 19.1. The van der Waals surface area contributed by atoms with Gasteiger partial charge in [-0.15, -0.1) is 0 Å². The minimum Gasteiger partial charge on any atom is -0.493 e. The van der Waals surface area contributed by atoms with Crippen LogP contribution in [0.4, 0.5) is 0 Å². The van der Waals surface area contributed by atoms with Gasteiger partial charge in [-0.05, 0) is 75.2 Å². The Balaban J connectivity index is 1.84. The molecule has 0 spiro atoms. The minimum atomic E-state index is -0.509. The molecule has 0 aliphatic rings. The van der Waals surface area contributed by atoms with Crippen molar-refractivity contribution in [3.05, 3.63) is 55.9 Å². The smallest absolute Gasteiger partial charge is 0.276 e. The summed E-state index contributed by atoms with van der Waals surface area (Å²) < 4.78 is 12.0. The van der Waals surface area contributed by atoms with Crippen LogP contribution < -0.4 is 20.3 Å². The van der Waals surface area contributed by atoms with E-state index in [0.717, 1.165) is 0 Å². The van der Waals surface area contributed by atoms with Gasteiger partial charge in [0.15, 0.2) is 6.61 Å². The number of hydrogen-bond donors (Lipinski definition) is 2. The van der Waals surface area contributed by atoms with Crippen LogP contribution in [-0.2, 0) is 4.79 Å². The van der Waals surface area contributed by atoms with Gasteiger partial charge >= 0.3 is 0 Å². The largest absolute Gasteiger partial charge is 0.493 e. The van der Waals surface area contributed by atoms with Gasteiger partial charge in [-0.3, -0.25) is 20.4 Å². The van der Waals surface area contributed by atoms with Gasteiger partial charge in [-0.1, -0.05) is 11.6 Å². The standard InChI is InChI=1S/C17H15Br2ClN2O4/c1-2-25-14-5-3-10(7-12(14)18)17(24)22-21-16(23)9-26-15-6-4-11(20)8-13(15)19/h3-8H,2,9H2,1H3,(H,21,23)(H,22,24). The molecule has 2 amide bonds. The number of rotatable bonds is 6. The first-order chi connectivity index (χ1) is 12.4. The molecule has 0 radical (unpaired) electrons. The second kappa shape index (κ2) is 9.80. The van der Waals surface area contributed by atoms with Gasteiger partial charge in [0.05, 0.1) is 15.6 Å². The summed E-state index contributed by atoms with van der Waals surface area (Å²) in [7, 11) is 0. The van der Waals surface area contributed by atoms with Crippen molar-refractivity contribution >= 4 is 55.3 Å². The van der Waals surface area contributed by atoms with E-state index in [2.05, 4.69) is 42.7 Å². The van der Waals surface area contributed by atoms with Crippen molar-refractivity contribution in [3.63, 3.8) is 0 Å². The third-order valence-corrected chi connectivity index (χ3v) is 4.54. The quantitative estimate of drug-likeness (QED) is 0.579. The maximum Gasteiger partial charge on any atom is 0.276 e. The van der Waals surface area contributed by atoms with Gasteiger partial charge < -0.3 is 9.47 Å². The predicted octanol–water partition coefficient (Wildman–Crippen LogP) is 4.10. The first kappa shape index (κ1) is 20.5. The van der Waals surface area contributed by atoms with Crippen molar-refractivity contribution in [1.82, 2.24) is 10.9 Å². The monoisotopic (exact) mass is 504 g/mol. The lowest BCUT2D eigenvalue weighted by atomic mass is 10.2. The van der Waals surface area contributed by atoms with E-state index in [-0.39, 0.29) is 6.61 Å². The fourth-order valence-electron chi connectivity index (χ4n) is 1.88. The molecule has 2 aromatic carbocycles. The molecule has 0 saturated heterocycles. The van der Waals surface area contributed by atoms with Crippen LogP contribution in [0.2, 0.25) is 5.02 Å². The van der Waals surface area contributed by atoms with Crippen LogP contribution >= 0.6 is 43.5 Å². The lowest BCUT2D eigenvalue weighted by molar-refractivity contribution is -0.123. The Morgan fingerprint density at radius 1 is 1.00 bits per heavy atom. The molecular weight excluding hydrogens is 491 g/mol. The van der Waals surface area contributed by atoms with Gasteiger partial charge in [-0.25, -0.2) is 0 Å². The highest BCUT2D eigenvalue weighted by Crippen LogP contribution is 2.28. The molecule has 0 saturated carbocycles. The van der Waals surface area contributed by atoms with Gasteiger partial charge in [-0.2, -0.15) is 0 Å². The third-order valence-electron chi connectivity index (χ3n) is 3.06. The normalized spacial score (nSPS) is 10.2. The molecule has 9 heteroatoms. The molecule has 0 bridgehead atoms. The van der Waals surface area contributed by atoms with Gasteiger partial charge in [0.2, 0.25) is 0 Å². The Bertz CT molecular complexity index is 817. The highest BCUT2D eigenvalue weighted by atomic mass is 79.9. The third kappa shape index (κ3) is 5.89. The summed E-state index contributed by atoms with van der Waals surface area (Å²) in [5.41, 5.74) is 4.98. The molecule has 2 rings (SSSR count). The number of nitrogens with one attached hydrogen (secondary N) is 2. The van der Waals surface area contributed by atoms with Crippen LogP contribution in [0, 0.1) is 0 Å². The second-order valence-electron chi connectivity index (χ2n) is 4.94. The van der Waals surface area contributed by atoms with Crippen LogP contribution in [0.25, 0.3) is 0 Å². The van der Waals surface area contributed by atoms with Crippen molar-refractivity contribution in [1.29, 1.82) is 0 Å². The molecule has 0 heterocycles. The van der Waals surface area contributed by atoms with Crippen molar-refractivity contribution in [2.24, 2.45) is 0 Å². The summed E-state index contributed by atoms with van der Waals surface area (Å²) in [6, 6.07) is 9.80. The van der Waals surface area contributed by atoms with Crippen molar-refractivity contribution in [3.8, 4) is 11.5 Å². The van der Waals surface area contributed by atoms with Crippen LogP contribution in [0.3, 0.4) is 0 Å². The highest BCUT2D eigenvalue weighted by Gasteiger charge is 2.11. The molecule has 0 atom stereocenters. The molecule has 2 aromatic rings. The van der Waals surface area contributed by atoms with Gasteiger partial charge in [0.1, 0.15) is 11.5 Å². The summed E-state index contributed by atoms with van der Waals surface area (Å²) >= 11 is 12.5. The maximum absolute atomic E-state index is 12.1. The van der Waals surface area contributed by atoms with Crippen molar-refractivity contribution < 1.29 is 19.1 Å². The molecule has 0 aliphatic carbocycles. The molecule has 0 aliphatic heterocycles. The average molecular weight is 507 g/mol. The van der Waals surface area contributed by atoms with E-state index < -0.39 is 11.8 Å². The summed E-state index contributed by atoms with van der Waals surface area (Å²) in [4.78, 5) is 23.9. The highest BCUT2D eigenvalue weighted by molar-refractivity contribution is 9.10. The van der Waals surface area contributed by atoms with E-state index in [1.165, 1.54) is 0 Å².